The molecule has 1 heteroatoms. The predicted octanol–water partition coefficient (Wildman–Crippen LogP) is 6.84. The topological polar surface area (TPSA) is 0 Å². The van der Waals surface area contributed by atoms with Crippen LogP contribution in [0.15, 0.2) is 84.9 Å². The molecule has 0 aliphatic carbocycles. The third-order valence-corrected chi connectivity index (χ3v) is 4.66. The molecule has 0 atom stereocenters. The van der Waals surface area contributed by atoms with E-state index in [1.54, 1.807) is 0 Å². The Hall–Kier alpha value is -1.85. The van der Waals surface area contributed by atoms with Crippen LogP contribution in [0.3, 0.4) is 0 Å². The molecule has 0 saturated carbocycles. The summed E-state index contributed by atoms with van der Waals surface area (Å²) in [5.74, 6) is 0. The van der Waals surface area contributed by atoms with E-state index in [0.717, 1.165) is 6.42 Å². The van der Waals surface area contributed by atoms with Crippen molar-refractivity contribution >= 4 is 10.8 Å². The fourth-order valence-electron chi connectivity index (χ4n) is 3.42. The number of hydrogen-bond acceptors (Lipinski definition) is 0. The molecule has 122 valence electrons. The van der Waals surface area contributed by atoms with Gasteiger partial charge in [-0.15, -0.1) is 34.5 Å². The van der Waals surface area contributed by atoms with Gasteiger partial charge in [-0.3, -0.25) is 0 Å². The molecule has 0 aromatic heterocycles. The van der Waals surface area contributed by atoms with Crippen molar-refractivity contribution in [2.24, 2.45) is 0 Å². The van der Waals surface area contributed by atoms with Gasteiger partial charge in [0.1, 0.15) is 0 Å². The normalized spacial score (nSPS) is 10.6. The van der Waals surface area contributed by atoms with Crippen LogP contribution >= 0.6 is 0 Å². The van der Waals surface area contributed by atoms with E-state index in [1.165, 1.54) is 45.0 Å². The molecule has 0 bridgehead atoms. The Bertz CT molecular complexity index is 946. The van der Waals surface area contributed by atoms with Crippen LogP contribution in [0.4, 0.5) is 0 Å². The first kappa shape index (κ1) is 18.0. The quantitative estimate of drug-likeness (QED) is 0.329. The smallest absolute Gasteiger partial charge is 0 e. The maximum absolute atomic E-state index is 2.32. The van der Waals surface area contributed by atoms with Crippen LogP contribution in [0.1, 0.15) is 18.9 Å². The number of rotatable bonds is 4. The van der Waals surface area contributed by atoms with E-state index in [9.17, 15) is 0 Å². The number of hydrogen-bond donors (Lipinski definition) is 0. The monoisotopic (exact) mass is 399 g/mol. The fourth-order valence-corrected chi connectivity index (χ4v) is 3.42. The summed E-state index contributed by atoms with van der Waals surface area (Å²) >= 11 is 0. The molecule has 0 N–H and O–H groups in total. The van der Waals surface area contributed by atoms with Crippen LogP contribution in [0.25, 0.3) is 33.0 Å². The van der Waals surface area contributed by atoms with Crippen molar-refractivity contribution < 1.29 is 26.2 Å². The van der Waals surface area contributed by atoms with Gasteiger partial charge in [-0.25, -0.2) is 0 Å². The molecule has 4 rings (SSSR count). The van der Waals surface area contributed by atoms with E-state index in [4.69, 9.17) is 0 Å². The molecule has 0 fully saturated rings. The van der Waals surface area contributed by atoms with E-state index in [-0.39, 0.29) is 26.2 Å². The van der Waals surface area contributed by atoms with Gasteiger partial charge in [-0.2, -0.15) is 0 Å². The van der Waals surface area contributed by atoms with Crippen LogP contribution in [0.5, 0.6) is 0 Å². The maximum atomic E-state index is 2.32. The van der Waals surface area contributed by atoms with Gasteiger partial charge < -0.3 is 0 Å². The van der Waals surface area contributed by atoms with Crippen molar-refractivity contribution in [2.45, 2.75) is 19.8 Å². The average molecular weight is 401 g/mol. The zero-order chi connectivity index (χ0) is 16.4. The second-order valence-corrected chi connectivity index (χ2v) is 6.37. The number of aryl methyl sites for hydroxylation is 1. The Morgan fingerprint density at radius 2 is 1.52 bits per heavy atom. The minimum atomic E-state index is 0. The summed E-state index contributed by atoms with van der Waals surface area (Å²) in [6, 6.07) is 30.9. The first-order valence-electron chi connectivity index (χ1n) is 8.69. The van der Waals surface area contributed by atoms with Crippen LogP contribution in [-0.4, -0.2) is 0 Å². The van der Waals surface area contributed by atoms with Gasteiger partial charge in [0.25, 0.3) is 0 Å². The summed E-state index contributed by atoms with van der Waals surface area (Å²) in [6.07, 6.45) is 2.34. The number of benzene rings is 3. The summed E-state index contributed by atoms with van der Waals surface area (Å²) in [5, 5.41) is 2.64. The molecule has 0 aliphatic rings. The molecule has 0 nitrogen and oxygen atoms in total. The second-order valence-electron chi connectivity index (χ2n) is 6.37. The second kappa shape index (κ2) is 8.02. The maximum Gasteiger partial charge on any atom is 0 e. The summed E-state index contributed by atoms with van der Waals surface area (Å²) in [6.45, 7) is 2.23. The molecule has 0 amide bonds. The summed E-state index contributed by atoms with van der Waals surface area (Å²) < 4.78 is 0. The third-order valence-electron chi connectivity index (χ3n) is 4.66. The van der Waals surface area contributed by atoms with Crippen molar-refractivity contribution in [3.63, 3.8) is 0 Å². The van der Waals surface area contributed by atoms with Gasteiger partial charge in [-0.05, 0) is 17.5 Å². The van der Waals surface area contributed by atoms with Crippen molar-refractivity contribution in [3.05, 3.63) is 90.5 Å². The molecule has 0 saturated heterocycles. The zero-order valence-corrected chi connectivity index (χ0v) is 17.0. The predicted molar refractivity (Wildman–Crippen MR) is 104 cm³/mol. The Labute approximate surface area is 169 Å². The molecule has 0 unspecified atom stereocenters. The van der Waals surface area contributed by atoms with Gasteiger partial charge in [-0.1, -0.05) is 91.2 Å². The van der Waals surface area contributed by atoms with E-state index < -0.39 is 0 Å². The van der Waals surface area contributed by atoms with Crippen LogP contribution in [0.2, 0.25) is 0 Å². The van der Waals surface area contributed by atoms with Crippen molar-refractivity contribution in [1.82, 2.24) is 0 Å². The van der Waals surface area contributed by atoms with Crippen LogP contribution < -0.4 is 0 Å². The fraction of sp³-hybridized carbons (Fsp3) is 0.125. The molecular weight excluding hydrogens is 379 g/mol. The number of fused-ring (bicyclic) bond motifs is 1. The molecule has 0 spiro atoms. The van der Waals surface area contributed by atoms with Gasteiger partial charge in [0.2, 0.25) is 0 Å². The largest absolute Gasteiger partial charge is 0.144 e. The van der Waals surface area contributed by atoms with E-state index in [0.29, 0.717) is 0 Å². The van der Waals surface area contributed by atoms with Gasteiger partial charge in [0, 0.05) is 26.2 Å². The first-order valence-corrected chi connectivity index (χ1v) is 8.69. The van der Waals surface area contributed by atoms with Crippen molar-refractivity contribution in [3.8, 4) is 22.3 Å². The molecule has 4 aromatic carbocycles. The van der Waals surface area contributed by atoms with Gasteiger partial charge in [0.05, 0.1) is 0 Å². The Balaban J connectivity index is 0.00000182. The van der Waals surface area contributed by atoms with E-state index in [1.807, 2.05) is 0 Å². The van der Waals surface area contributed by atoms with Gasteiger partial charge >= 0.3 is 0 Å². The van der Waals surface area contributed by atoms with Crippen LogP contribution in [-0.2, 0) is 32.6 Å². The SMILES string of the molecule is CCCc1ccc(-c2cccc3[cH-]c(-c4ccccc4)cc23)cc1.[Zr]. The van der Waals surface area contributed by atoms with E-state index in [2.05, 4.69) is 91.9 Å². The Kier molecular flexibility index (Phi) is 5.76. The molecule has 25 heavy (non-hydrogen) atoms. The first-order chi connectivity index (χ1) is 11.8. The zero-order valence-electron chi connectivity index (χ0n) is 14.5. The summed E-state index contributed by atoms with van der Waals surface area (Å²) in [7, 11) is 0. The van der Waals surface area contributed by atoms with Crippen LogP contribution in [0, 0.1) is 0 Å². The molecule has 0 radical (unpaired) electrons. The van der Waals surface area contributed by atoms with Crippen molar-refractivity contribution in [1.29, 1.82) is 0 Å². The average Bonchev–Trinajstić information content (AvgIpc) is 3.08. The molecular formula is C24H21Zr-. The standard InChI is InChI=1S/C24H21.Zr/c1-2-7-18-12-14-20(15-13-18)23-11-6-10-21-16-22(17-24(21)23)19-8-4-3-5-9-19;/h3-6,8-17H,2,7H2,1H3;/q-1;. The molecule has 4 aromatic rings. The van der Waals surface area contributed by atoms with Crippen molar-refractivity contribution in [2.75, 3.05) is 0 Å². The van der Waals surface area contributed by atoms with Gasteiger partial charge in [0.15, 0.2) is 0 Å². The minimum absolute atomic E-state index is 0. The Morgan fingerprint density at radius 3 is 2.24 bits per heavy atom. The van der Waals surface area contributed by atoms with E-state index >= 15 is 0 Å². The molecule has 0 aliphatic heterocycles. The molecule has 0 heterocycles. The Morgan fingerprint density at radius 1 is 0.760 bits per heavy atom. The summed E-state index contributed by atoms with van der Waals surface area (Å²) in [4.78, 5) is 0. The minimum Gasteiger partial charge on any atom is -0.144 e. The summed E-state index contributed by atoms with van der Waals surface area (Å²) in [5.41, 5.74) is 6.60. The third kappa shape index (κ3) is 3.72.